The molecule has 0 spiro atoms. The number of nitrogens with two attached hydrogens (primary N) is 1. The lowest BCUT2D eigenvalue weighted by molar-refractivity contribution is 0.213. The summed E-state index contributed by atoms with van der Waals surface area (Å²) >= 11 is 0. The molecule has 0 radical (unpaired) electrons. The van der Waals surface area contributed by atoms with E-state index >= 15 is 0 Å². The predicted octanol–water partition coefficient (Wildman–Crippen LogP) is 6.84. The molecule has 1 nitrogen and oxygen atoms in total. The summed E-state index contributed by atoms with van der Waals surface area (Å²) in [5.41, 5.74) is 8.13. The van der Waals surface area contributed by atoms with Crippen LogP contribution in [0.2, 0.25) is 0 Å². The van der Waals surface area contributed by atoms with Crippen LogP contribution in [0.25, 0.3) is 0 Å². The topological polar surface area (TPSA) is 26.0 Å². The second-order valence-electron chi connectivity index (χ2n) is 7.28. The Labute approximate surface area is 150 Å². The van der Waals surface area contributed by atoms with Gasteiger partial charge in [0.1, 0.15) is 0 Å². The van der Waals surface area contributed by atoms with Gasteiger partial charge in [0, 0.05) is 11.5 Å². The van der Waals surface area contributed by atoms with Crippen molar-refractivity contribution in [1.82, 2.24) is 0 Å². The van der Waals surface area contributed by atoms with Gasteiger partial charge < -0.3 is 5.73 Å². The molecule has 136 valence electrons. The molecule has 0 saturated carbocycles. The Morgan fingerprint density at radius 2 is 1.54 bits per heavy atom. The van der Waals surface area contributed by atoms with Crippen LogP contribution in [0.5, 0.6) is 0 Å². The summed E-state index contributed by atoms with van der Waals surface area (Å²) in [5.74, 6) is 0.824. The maximum absolute atomic E-state index is 6.87. The third kappa shape index (κ3) is 6.09. The predicted molar refractivity (Wildman–Crippen MR) is 108 cm³/mol. The van der Waals surface area contributed by atoms with Gasteiger partial charge in [-0.25, -0.2) is 0 Å². The van der Waals surface area contributed by atoms with Crippen molar-refractivity contribution in [2.45, 2.75) is 90.0 Å². The molecule has 0 heterocycles. The monoisotopic (exact) mass is 329 g/mol. The van der Waals surface area contributed by atoms with Crippen LogP contribution in [0.4, 0.5) is 0 Å². The van der Waals surface area contributed by atoms with Gasteiger partial charge in [-0.15, -0.1) is 6.58 Å². The van der Waals surface area contributed by atoms with E-state index in [1.165, 1.54) is 50.5 Å². The smallest absolute Gasteiger partial charge is 0.0186 e. The van der Waals surface area contributed by atoms with E-state index in [4.69, 9.17) is 5.73 Å². The second-order valence-corrected chi connectivity index (χ2v) is 7.28. The van der Waals surface area contributed by atoms with E-state index in [0.29, 0.717) is 11.8 Å². The molecule has 0 bridgehead atoms. The Morgan fingerprint density at radius 1 is 0.958 bits per heavy atom. The van der Waals surface area contributed by atoms with Crippen LogP contribution in [-0.2, 0) is 0 Å². The van der Waals surface area contributed by atoms with Gasteiger partial charge in [-0.1, -0.05) is 95.7 Å². The van der Waals surface area contributed by atoms with Crippen LogP contribution in [-0.4, -0.2) is 5.54 Å². The zero-order chi connectivity index (χ0) is 17.8. The van der Waals surface area contributed by atoms with Crippen molar-refractivity contribution in [1.29, 1.82) is 0 Å². The number of rotatable bonds is 13. The van der Waals surface area contributed by atoms with Crippen molar-refractivity contribution in [3.63, 3.8) is 0 Å². The Balaban J connectivity index is 2.82. The quantitative estimate of drug-likeness (QED) is 0.311. The van der Waals surface area contributed by atoms with E-state index < -0.39 is 0 Å². The summed E-state index contributed by atoms with van der Waals surface area (Å²) < 4.78 is 0. The molecule has 0 aliphatic rings. The van der Waals surface area contributed by atoms with Crippen LogP contribution in [0.1, 0.15) is 90.0 Å². The van der Waals surface area contributed by atoms with Crippen molar-refractivity contribution in [2.24, 2.45) is 11.7 Å². The van der Waals surface area contributed by atoms with E-state index in [9.17, 15) is 0 Å². The highest BCUT2D eigenvalue weighted by atomic mass is 14.8. The van der Waals surface area contributed by atoms with Gasteiger partial charge in [0.15, 0.2) is 0 Å². The Bertz CT molecular complexity index is 433. The first-order valence-electron chi connectivity index (χ1n) is 10.1. The lowest BCUT2D eigenvalue weighted by atomic mass is 9.68. The minimum atomic E-state index is -0.0991. The number of benzene rings is 1. The van der Waals surface area contributed by atoms with Gasteiger partial charge in [-0.2, -0.15) is 0 Å². The largest absolute Gasteiger partial charge is 0.325 e. The van der Waals surface area contributed by atoms with Crippen LogP contribution >= 0.6 is 0 Å². The van der Waals surface area contributed by atoms with E-state index in [-0.39, 0.29) is 5.54 Å². The van der Waals surface area contributed by atoms with Crippen LogP contribution in [0, 0.1) is 5.92 Å². The molecule has 1 aromatic carbocycles. The summed E-state index contributed by atoms with van der Waals surface area (Å²) in [4.78, 5) is 0. The molecule has 2 atom stereocenters. The summed E-state index contributed by atoms with van der Waals surface area (Å²) in [5, 5.41) is 0. The summed E-state index contributed by atoms with van der Waals surface area (Å²) in [6, 6.07) is 10.8. The Hall–Kier alpha value is -1.08. The fourth-order valence-electron chi connectivity index (χ4n) is 3.95. The highest BCUT2D eigenvalue weighted by molar-refractivity contribution is 5.25. The summed E-state index contributed by atoms with van der Waals surface area (Å²) in [6.45, 7) is 10.9. The third-order valence-electron chi connectivity index (χ3n) is 5.80. The van der Waals surface area contributed by atoms with E-state index in [1.807, 2.05) is 0 Å². The number of hydrogen-bond acceptors (Lipinski definition) is 1. The average molecular weight is 330 g/mol. The Kier molecular flexibility index (Phi) is 10.0. The summed E-state index contributed by atoms with van der Waals surface area (Å²) in [7, 11) is 0. The molecule has 24 heavy (non-hydrogen) atoms. The lowest BCUT2D eigenvalue weighted by Gasteiger charge is -2.40. The first kappa shape index (κ1) is 21.0. The lowest BCUT2D eigenvalue weighted by Crippen LogP contribution is -2.48. The second kappa shape index (κ2) is 11.5. The van der Waals surface area contributed by atoms with Crippen molar-refractivity contribution in [3.05, 3.63) is 48.6 Å². The maximum atomic E-state index is 6.87. The molecule has 0 aliphatic heterocycles. The normalized spacial score (nSPS) is 14.3. The number of hydrogen-bond donors (Lipinski definition) is 1. The third-order valence-corrected chi connectivity index (χ3v) is 5.80. The molecular weight excluding hydrogens is 290 g/mol. The van der Waals surface area contributed by atoms with Crippen molar-refractivity contribution < 1.29 is 0 Å². The molecule has 1 aromatic rings. The minimum Gasteiger partial charge on any atom is -0.325 e. The SMILES string of the molecule is C=CC(c1ccccc1)C(CCCCCCCC)C(N)(CC)CC. The molecule has 0 amide bonds. The van der Waals surface area contributed by atoms with Crippen molar-refractivity contribution >= 4 is 0 Å². The average Bonchev–Trinajstić information content (AvgIpc) is 2.63. The first-order valence-corrected chi connectivity index (χ1v) is 10.1. The van der Waals surface area contributed by atoms with E-state index in [1.54, 1.807) is 0 Å². The van der Waals surface area contributed by atoms with E-state index in [2.05, 4.69) is 63.8 Å². The Morgan fingerprint density at radius 3 is 2.08 bits per heavy atom. The van der Waals surface area contributed by atoms with Gasteiger partial charge >= 0.3 is 0 Å². The molecule has 0 aromatic heterocycles. The van der Waals surface area contributed by atoms with Crippen LogP contribution in [0.15, 0.2) is 43.0 Å². The first-order chi connectivity index (χ1) is 11.6. The number of allylic oxidation sites excluding steroid dienone is 1. The van der Waals surface area contributed by atoms with Gasteiger partial charge in [-0.3, -0.25) is 0 Å². The van der Waals surface area contributed by atoms with E-state index in [0.717, 1.165) is 12.8 Å². The highest BCUT2D eigenvalue weighted by Gasteiger charge is 2.36. The van der Waals surface area contributed by atoms with Gasteiger partial charge in [0.05, 0.1) is 0 Å². The fourth-order valence-corrected chi connectivity index (χ4v) is 3.95. The summed E-state index contributed by atoms with van der Waals surface area (Å²) in [6.07, 6.45) is 13.4. The van der Waals surface area contributed by atoms with Crippen LogP contribution < -0.4 is 5.73 Å². The number of unbranched alkanes of at least 4 members (excludes halogenated alkanes) is 5. The molecule has 2 unspecified atom stereocenters. The van der Waals surface area contributed by atoms with Gasteiger partial charge in [0.2, 0.25) is 0 Å². The zero-order valence-corrected chi connectivity index (χ0v) is 16.3. The molecule has 2 N–H and O–H groups in total. The fraction of sp³-hybridized carbons (Fsp3) is 0.652. The molecule has 0 fully saturated rings. The highest BCUT2D eigenvalue weighted by Crippen LogP contribution is 2.39. The standard InChI is InChI=1S/C23H39N/c1-5-9-10-11-12-16-19-22(23(24,7-3)8-4)21(6-2)20-17-14-13-15-18-20/h6,13-15,17-18,21-22H,2,5,7-12,16,19,24H2,1,3-4H3. The van der Waals surface area contributed by atoms with Gasteiger partial charge in [-0.05, 0) is 30.7 Å². The zero-order valence-electron chi connectivity index (χ0n) is 16.3. The minimum absolute atomic E-state index is 0.0991. The van der Waals surface area contributed by atoms with Crippen molar-refractivity contribution in [3.8, 4) is 0 Å². The molecule has 1 rings (SSSR count). The molecule has 0 aliphatic carbocycles. The molecular formula is C23H39N. The van der Waals surface area contributed by atoms with Crippen molar-refractivity contribution in [2.75, 3.05) is 0 Å². The van der Waals surface area contributed by atoms with Crippen LogP contribution in [0.3, 0.4) is 0 Å². The van der Waals surface area contributed by atoms with Gasteiger partial charge in [0.25, 0.3) is 0 Å². The molecule has 1 heteroatoms. The molecule has 0 saturated heterocycles. The maximum Gasteiger partial charge on any atom is 0.0186 e.